The van der Waals surface area contributed by atoms with Gasteiger partial charge in [-0.1, -0.05) is 19.9 Å². The second kappa shape index (κ2) is 7.22. The number of hydrogen-bond acceptors (Lipinski definition) is 4. The first-order valence-electron chi connectivity index (χ1n) is 9.86. The van der Waals surface area contributed by atoms with Crippen LogP contribution in [0.3, 0.4) is 0 Å². The summed E-state index contributed by atoms with van der Waals surface area (Å²) in [6, 6.07) is 0. The molecule has 0 aliphatic heterocycles. The molecule has 1 heterocycles. The summed E-state index contributed by atoms with van der Waals surface area (Å²) in [6.07, 6.45) is 6.45. The third-order valence-corrected chi connectivity index (χ3v) is 6.93. The van der Waals surface area contributed by atoms with Crippen molar-refractivity contribution in [3.8, 4) is 0 Å². The van der Waals surface area contributed by atoms with E-state index in [1.807, 2.05) is 33.1 Å². The van der Waals surface area contributed by atoms with Crippen molar-refractivity contribution in [2.24, 2.45) is 17.3 Å². The largest absolute Gasteiger partial charge is 0.469 e. The highest BCUT2D eigenvalue weighted by Crippen LogP contribution is 2.59. The molecule has 1 aromatic rings. The van der Waals surface area contributed by atoms with Crippen LogP contribution in [0.25, 0.3) is 0 Å². The van der Waals surface area contributed by atoms with E-state index in [-0.39, 0.29) is 29.5 Å². The Morgan fingerprint density at radius 1 is 1.42 bits per heavy atom. The molecular weight excluding hydrogens is 328 g/mol. The van der Waals surface area contributed by atoms with Gasteiger partial charge in [0.25, 0.3) is 0 Å². The number of hydrogen-bond donors (Lipinski definition) is 0. The summed E-state index contributed by atoms with van der Waals surface area (Å²) >= 11 is 0. The predicted molar refractivity (Wildman–Crippen MR) is 101 cm³/mol. The molecule has 4 nitrogen and oxygen atoms in total. The highest BCUT2D eigenvalue weighted by Gasteiger charge is 2.56. The summed E-state index contributed by atoms with van der Waals surface area (Å²) in [6.45, 7) is 13.0. The quantitative estimate of drug-likeness (QED) is 0.550. The SMILES string of the molecule is CC=C(C)C(=O)OC1CCC2Cc3occ(C)c3C(OCC)C2(C)C1C. The van der Waals surface area contributed by atoms with Gasteiger partial charge in [-0.05, 0) is 52.0 Å². The van der Waals surface area contributed by atoms with Crippen LogP contribution in [0, 0.1) is 24.2 Å². The van der Waals surface area contributed by atoms with Crippen molar-refractivity contribution in [3.63, 3.8) is 0 Å². The lowest BCUT2D eigenvalue weighted by Crippen LogP contribution is -2.52. The van der Waals surface area contributed by atoms with Gasteiger partial charge in [-0.25, -0.2) is 4.79 Å². The standard InChI is InChI=1S/C22H32O4/c1-7-13(3)21(23)26-17-10-9-16-11-18-19(14(4)12-25-18)20(24-8-2)22(16,6)15(17)5/h7,12,15-17,20H,8-11H2,1-6H3. The Morgan fingerprint density at radius 2 is 2.15 bits per heavy atom. The number of fused-ring (bicyclic) bond motifs is 2. The number of carbonyl (C=O) groups excluding carboxylic acids is 1. The zero-order valence-electron chi connectivity index (χ0n) is 16.9. The van der Waals surface area contributed by atoms with Gasteiger partial charge in [0.2, 0.25) is 0 Å². The number of ether oxygens (including phenoxy) is 2. The predicted octanol–water partition coefficient (Wildman–Crippen LogP) is 5.15. The van der Waals surface area contributed by atoms with Crippen molar-refractivity contribution in [1.29, 1.82) is 0 Å². The van der Waals surface area contributed by atoms with Crippen molar-refractivity contribution < 1.29 is 18.7 Å². The van der Waals surface area contributed by atoms with Crippen LogP contribution in [0.5, 0.6) is 0 Å². The summed E-state index contributed by atoms with van der Waals surface area (Å²) in [5, 5.41) is 0. The Balaban J connectivity index is 1.94. The molecule has 5 unspecified atom stereocenters. The van der Waals surface area contributed by atoms with Crippen molar-refractivity contribution in [3.05, 3.63) is 34.8 Å². The average Bonchev–Trinajstić information content (AvgIpc) is 2.99. The van der Waals surface area contributed by atoms with E-state index in [9.17, 15) is 4.79 Å². The van der Waals surface area contributed by atoms with Crippen molar-refractivity contribution >= 4 is 5.97 Å². The number of rotatable bonds is 4. The first-order valence-corrected chi connectivity index (χ1v) is 9.86. The van der Waals surface area contributed by atoms with Crippen LogP contribution in [-0.4, -0.2) is 18.7 Å². The highest BCUT2D eigenvalue weighted by molar-refractivity contribution is 5.87. The Labute approximate surface area is 156 Å². The van der Waals surface area contributed by atoms with Crippen molar-refractivity contribution in [2.45, 2.75) is 73.0 Å². The lowest BCUT2D eigenvalue weighted by Gasteiger charge is -2.55. The zero-order valence-corrected chi connectivity index (χ0v) is 16.9. The van der Waals surface area contributed by atoms with Gasteiger partial charge >= 0.3 is 5.97 Å². The van der Waals surface area contributed by atoms with E-state index in [0.29, 0.717) is 18.1 Å². The average molecular weight is 360 g/mol. The molecule has 5 atom stereocenters. The summed E-state index contributed by atoms with van der Waals surface area (Å²) < 4.78 is 18.1. The summed E-state index contributed by atoms with van der Waals surface area (Å²) in [5.41, 5.74) is 2.97. The van der Waals surface area contributed by atoms with E-state index < -0.39 is 0 Å². The smallest absolute Gasteiger partial charge is 0.333 e. The topological polar surface area (TPSA) is 48.7 Å². The molecule has 0 bridgehead atoms. The molecular formula is C22H32O4. The van der Waals surface area contributed by atoms with Gasteiger partial charge in [0, 0.05) is 35.5 Å². The minimum Gasteiger partial charge on any atom is -0.469 e. The van der Waals surface area contributed by atoms with Gasteiger partial charge in [0.05, 0.1) is 12.4 Å². The second-order valence-electron chi connectivity index (χ2n) is 8.14. The van der Waals surface area contributed by atoms with Gasteiger partial charge in [-0.3, -0.25) is 0 Å². The fourth-order valence-electron chi connectivity index (χ4n) is 4.96. The van der Waals surface area contributed by atoms with E-state index >= 15 is 0 Å². The highest BCUT2D eigenvalue weighted by atomic mass is 16.5. The third kappa shape index (κ3) is 2.92. The first kappa shape index (κ1) is 19.2. The number of furan rings is 1. The van der Waals surface area contributed by atoms with Gasteiger partial charge in [-0.2, -0.15) is 0 Å². The second-order valence-corrected chi connectivity index (χ2v) is 8.14. The lowest BCUT2D eigenvalue weighted by molar-refractivity contribution is -0.175. The Bertz CT molecular complexity index is 701. The van der Waals surface area contributed by atoms with Gasteiger partial charge in [-0.15, -0.1) is 0 Å². The van der Waals surface area contributed by atoms with Crippen LogP contribution in [0.15, 0.2) is 22.3 Å². The molecule has 3 rings (SSSR count). The molecule has 0 radical (unpaired) electrons. The van der Waals surface area contributed by atoms with E-state index in [1.54, 1.807) is 0 Å². The molecule has 4 heteroatoms. The van der Waals surface area contributed by atoms with Crippen LogP contribution < -0.4 is 0 Å². The molecule has 1 saturated carbocycles. The summed E-state index contributed by atoms with van der Waals surface area (Å²) in [4.78, 5) is 12.3. The molecule has 0 spiro atoms. The van der Waals surface area contributed by atoms with Crippen LogP contribution in [-0.2, 0) is 20.7 Å². The minimum atomic E-state index is -0.199. The molecule has 144 valence electrons. The maximum absolute atomic E-state index is 12.3. The molecule has 2 aliphatic rings. The molecule has 0 N–H and O–H groups in total. The van der Waals surface area contributed by atoms with Gasteiger partial charge < -0.3 is 13.9 Å². The van der Waals surface area contributed by atoms with Gasteiger partial charge in [0.1, 0.15) is 11.9 Å². The van der Waals surface area contributed by atoms with Gasteiger partial charge in [0.15, 0.2) is 0 Å². The fourth-order valence-corrected chi connectivity index (χ4v) is 4.96. The van der Waals surface area contributed by atoms with Crippen LogP contribution >= 0.6 is 0 Å². The molecule has 2 aliphatic carbocycles. The summed E-state index contributed by atoms with van der Waals surface area (Å²) in [7, 11) is 0. The molecule has 26 heavy (non-hydrogen) atoms. The number of esters is 1. The van der Waals surface area contributed by atoms with Crippen molar-refractivity contribution in [1.82, 2.24) is 0 Å². The van der Waals surface area contributed by atoms with E-state index in [0.717, 1.165) is 30.6 Å². The number of allylic oxidation sites excluding steroid dienone is 1. The monoisotopic (exact) mass is 360 g/mol. The number of carbonyl (C=O) groups is 1. The van der Waals surface area contributed by atoms with E-state index in [1.165, 1.54) is 5.56 Å². The molecule has 0 amide bonds. The Hall–Kier alpha value is -1.55. The van der Waals surface area contributed by atoms with Crippen molar-refractivity contribution in [2.75, 3.05) is 6.61 Å². The normalized spacial score (nSPS) is 34.2. The van der Waals surface area contributed by atoms with Crippen LogP contribution in [0.2, 0.25) is 0 Å². The van der Waals surface area contributed by atoms with Crippen LogP contribution in [0.1, 0.15) is 70.5 Å². The maximum Gasteiger partial charge on any atom is 0.333 e. The molecule has 1 fully saturated rings. The van der Waals surface area contributed by atoms with E-state index in [4.69, 9.17) is 13.9 Å². The minimum absolute atomic E-state index is 0.0145. The number of aryl methyl sites for hydroxylation is 1. The summed E-state index contributed by atoms with van der Waals surface area (Å²) in [5.74, 6) is 1.57. The molecule has 0 aromatic carbocycles. The Kier molecular flexibility index (Phi) is 5.34. The fraction of sp³-hybridized carbons (Fsp3) is 0.682. The lowest BCUT2D eigenvalue weighted by atomic mass is 9.53. The Morgan fingerprint density at radius 3 is 2.81 bits per heavy atom. The zero-order chi connectivity index (χ0) is 19.1. The molecule has 1 aromatic heterocycles. The van der Waals surface area contributed by atoms with Crippen LogP contribution in [0.4, 0.5) is 0 Å². The first-order chi connectivity index (χ1) is 12.3. The third-order valence-electron chi connectivity index (χ3n) is 6.93. The maximum atomic E-state index is 12.3. The van der Waals surface area contributed by atoms with E-state index in [2.05, 4.69) is 20.8 Å². The molecule has 0 saturated heterocycles.